The van der Waals surface area contributed by atoms with Gasteiger partial charge in [0.05, 0.1) is 24.6 Å². The SMILES string of the molecule is O=c1c2cccnc2nc(SCCOc2cccc(Cl)c2)n1CC1CCCO1. The van der Waals surface area contributed by atoms with E-state index in [1.165, 1.54) is 11.8 Å². The third-order valence-corrected chi connectivity index (χ3v) is 5.66. The Balaban J connectivity index is 1.51. The predicted molar refractivity (Wildman–Crippen MR) is 110 cm³/mol. The van der Waals surface area contributed by atoms with Gasteiger partial charge < -0.3 is 9.47 Å². The molecule has 0 aliphatic carbocycles. The van der Waals surface area contributed by atoms with E-state index in [1.807, 2.05) is 12.1 Å². The molecule has 28 heavy (non-hydrogen) atoms. The van der Waals surface area contributed by atoms with Gasteiger partial charge in [-0.25, -0.2) is 9.97 Å². The first-order chi connectivity index (χ1) is 13.7. The minimum absolute atomic E-state index is 0.0516. The lowest BCUT2D eigenvalue weighted by Crippen LogP contribution is -2.29. The Bertz CT molecular complexity index is 1020. The average molecular weight is 418 g/mol. The van der Waals surface area contributed by atoms with E-state index in [-0.39, 0.29) is 11.7 Å². The van der Waals surface area contributed by atoms with Crippen molar-refractivity contribution in [3.63, 3.8) is 0 Å². The molecule has 3 aromatic rings. The van der Waals surface area contributed by atoms with Gasteiger partial charge in [0, 0.05) is 23.6 Å². The van der Waals surface area contributed by atoms with Gasteiger partial charge >= 0.3 is 0 Å². The van der Waals surface area contributed by atoms with Gasteiger partial charge in [-0.3, -0.25) is 9.36 Å². The standard InChI is InChI=1S/C20H20ClN3O3S/c21-14-4-1-5-15(12-14)27-10-11-28-20-23-18-17(7-2-8-22-18)19(25)24(20)13-16-6-3-9-26-16/h1-2,4-5,7-8,12,16H,3,6,9-11,13H2. The van der Waals surface area contributed by atoms with Crippen LogP contribution in [-0.4, -0.2) is 39.6 Å². The van der Waals surface area contributed by atoms with Crippen molar-refractivity contribution < 1.29 is 9.47 Å². The zero-order valence-electron chi connectivity index (χ0n) is 15.2. The van der Waals surface area contributed by atoms with Gasteiger partial charge in [0.2, 0.25) is 0 Å². The summed E-state index contributed by atoms with van der Waals surface area (Å²) in [6.07, 6.45) is 3.68. The highest BCUT2D eigenvalue weighted by Crippen LogP contribution is 2.21. The molecule has 3 heterocycles. The van der Waals surface area contributed by atoms with Crippen LogP contribution in [0.2, 0.25) is 5.02 Å². The van der Waals surface area contributed by atoms with Crippen LogP contribution in [0.3, 0.4) is 0 Å². The van der Waals surface area contributed by atoms with Crippen molar-refractivity contribution in [2.45, 2.75) is 30.6 Å². The molecule has 1 atom stereocenters. The third kappa shape index (κ3) is 4.48. The second-order valence-corrected chi connectivity index (χ2v) is 7.97. The Labute approximate surface area is 171 Å². The second kappa shape index (κ2) is 8.94. The molecule has 1 aliphatic rings. The molecule has 1 saturated heterocycles. The van der Waals surface area contributed by atoms with E-state index in [2.05, 4.69) is 9.97 Å². The first-order valence-corrected chi connectivity index (χ1v) is 10.6. The van der Waals surface area contributed by atoms with Crippen LogP contribution in [0.25, 0.3) is 11.0 Å². The first kappa shape index (κ1) is 19.2. The Morgan fingerprint density at radius 1 is 1.32 bits per heavy atom. The molecule has 0 bridgehead atoms. The van der Waals surface area contributed by atoms with Gasteiger partial charge in [-0.2, -0.15) is 0 Å². The van der Waals surface area contributed by atoms with Gasteiger partial charge in [-0.15, -0.1) is 0 Å². The number of nitrogens with zero attached hydrogens (tertiary/aromatic N) is 3. The van der Waals surface area contributed by atoms with Crippen LogP contribution in [0.15, 0.2) is 52.5 Å². The van der Waals surface area contributed by atoms with Crippen LogP contribution < -0.4 is 10.3 Å². The van der Waals surface area contributed by atoms with Crippen LogP contribution in [0, 0.1) is 0 Å². The van der Waals surface area contributed by atoms with E-state index in [9.17, 15) is 4.79 Å². The molecule has 4 rings (SSSR count). The lowest BCUT2D eigenvalue weighted by Gasteiger charge is -2.16. The Hall–Kier alpha value is -2.09. The lowest BCUT2D eigenvalue weighted by molar-refractivity contribution is 0.0937. The van der Waals surface area contributed by atoms with E-state index in [0.717, 1.165) is 25.2 Å². The van der Waals surface area contributed by atoms with Crippen molar-refractivity contribution in [2.75, 3.05) is 19.0 Å². The molecule has 8 heteroatoms. The van der Waals surface area contributed by atoms with Crippen molar-refractivity contribution >= 4 is 34.4 Å². The largest absolute Gasteiger partial charge is 0.493 e. The summed E-state index contributed by atoms with van der Waals surface area (Å²) in [5.74, 6) is 1.36. The average Bonchev–Trinajstić information content (AvgIpc) is 3.21. The third-order valence-electron chi connectivity index (χ3n) is 4.48. The smallest absolute Gasteiger partial charge is 0.263 e. The molecular weight excluding hydrogens is 398 g/mol. The maximum atomic E-state index is 13.0. The molecule has 1 aromatic carbocycles. The van der Waals surface area contributed by atoms with Crippen molar-refractivity contribution in [3.05, 3.63) is 58.0 Å². The van der Waals surface area contributed by atoms with E-state index in [4.69, 9.17) is 21.1 Å². The maximum Gasteiger partial charge on any atom is 0.263 e. The molecule has 1 aliphatic heterocycles. The van der Waals surface area contributed by atoms with Crippen molar-refractivity contribution in [3.8, 4) is 5.75 Å². The molecule has 2 aromatic heterocycles. The number of thioether (sulfide) groups is 1. The molecule has 0 N–H and O–H groups in total. The summed E-state index contributed by atoms with van der Waals surface area (Å²) in [7, 11) is 0. The number of aromatic nitrogens is 3. The zero-order valence-corrected chi connectivity index (χ0v) is 16.8. The van der Waals surface area contributed by atoms with Crippen LogP contribution in [-0.2, 0) is 11.3 Å². The van der Waals surface area contributed by atoms with Crippen molar-refractivity contribution in [1.82, 2.24) is 14.5 Å². The second-order valence-electron chi connectivity index (χ2n) is 6.47. The summed E-state index contributed by atoms with van der Waals surface area (Å²) < 4.78 is 13.2. The summed E-state index contributed by atoms with van der Waals surface area (Å²) in [4.78, 5) is 21.9. The summed E-state index contributed by atoms with van der Waals surface area (Å²) in [5, 5.41) is 1.80. The molecule has 1 fully saturated rings. The molecular formula is C20H20ClN3O3S. The van der Waals surface area contributed by atoms with E-state index in [0.29, 0.717) is 40.1 Å². The molecule has 0 spiro atoms. The van der Waals surface area contributed by atoms with Gasteiger partial charge in [0.15, 0.2) is 10.8 Å². The Morgan fingerprint density at radius 3 is 3.07 bits per heavy atom. The molecule has 0 radical (unpaired) electrons. The number of ether oxygens (including phenoxy) is 2. The number of pyridine rings is 1. The lowest BCUT2D eigenvalue weighted by atomic mass is 10.2. The Morgan fingerprint density at radius 2 is 2.25 bits per heavy atom. The van der Waals surface area contributed by atoms with Crippen LogP contribution >= 0.6 is 23.4 Å². The topological polar surface area (TPSA) is 66.2 Å². The molecule has 0 saturated carbocycles. The summed E-state index contributed by atoms with van der Waals surface area (Å²) >= 11 is 7.46. The molecule has 1 unspecified atom stereocenters. The first-order valence-electron chi connectivity index (χ1n) is 9.19. The van der Waals surface area contributed by atoms with Crippen molar-refractivity contribution in [2.24, 2.45) is 0 Å². The number of hydrogen-bond acceptors (Lipinski definition) is 6. The summed E-state index contributed by atoms with van der Waals surface area (Å²) in [6.45, 7) is 1.73. The maximum absolute atomic E-state index is 13.0. The predicted octanol–water partition coefficient (Wildman–Crippen LogP) is 3.80. The fraction of sp³-hybridized carbons (Fsp3) is 0.350. The number of halogens is 1. The van der Waals surface area contributed by atoms with Gasteiger partial charge in [0.1, 0.15) is 5.75 Å². The number of fused-ring (bicyclic) bond motifs is 1. The van der Waals surface area contributed by atoms with Gasteiger partial charge in [0.25, 0.3) is 5.56 Å². The zero-order chi connectivity index (χ0) is 19.3. The monoisotopic (exact) mass is 417 g/mol. The van der Waals surface area contributed by atoms with Crippen LogP contribution in [0.5, 0.6) is 5.75 Å². The van der Waals surface area contributed by atoms with Gasteiger partial charge in [-0.05, 0) is 43.2 Å². The molecule has 0 amide bonds. The van der Waals surface area contributed by atoms with E-state index in [1.54, 1.807) is 35.0 Å². The fourth-order valence-electron chi connectivity index (χ4n) is 3.15. The van der Waals surface area contributed by atoms with E-state index < -0.39 is 0 Å². The highest BCUT2D eigenvalue weighted by atomic mass is 35.5. The number of rotatable bonds is 7. The molecule has 6 nitrogen and oxygen atoms in total. The summed E-state index contributed by atoms with van der Waals surface area (Å²) in [5.41, 5.74) is 0.390. The number of benzene rings is 1. The molecule has 146 valence electrons. The summed E-state index contributed by atoms with van der Waals surface area (Å²) in [6, 6.07) is 10.8. The number of hydrogen-bond donors (Lipinski definition) is 0. The Kier molecular flexibility index (Phi) is 6.14. The quantitative estimate of drug-likeness (QED) is 0.331. The van der Waals surface area contributed by atoms with Crippen LogP contribution in [0.4, 0.5) is 0 Å². The highest BCUT2D eigenvalue weighted by molar-refractivity contribution is 7.99. The highest BCUT2D eigenvalue weighted by Gasteiger charge is 2.20. The normalized spacial score (nSPS) is 16.5. The minimum Gasteiger partial charge on any atom is -0.493 e. The van der Waals surface area contributed by atoms with E-state index >= 15 is 0 Å². The van der Waals surface area contributed by atoms with Crippen LogP contribution in [0.1, 0.15) is 12.8 Å². The van der Waals surface area contributed by atoms with Crippen molar-refractivity contribution in [1.29, 1.82) is 0 Å². The van der Waals surface area contributed by atoms with Gasteiger partial charge in [-0.1, -0.05) is 29.4 Å². The fourth-order valence-corrected chi connectivity index (χ4v) is 4.14. The minimum atomic E-state index is -0.0770.